The van der Waals surface area contributed by atoms with E-state index in [4.69, 9.17) is 9.72 Å². The van der Waals surface area contributed by atoms with E-state index >= 15 is 0 Å². The molecule has 0 atom stereocenters. The van der Waals surface area contributed by atoms with Gasteiger partial charge in [-0.05, 0) is 37.2 Å². The second-order valence-corrected chi connectivity index (χ2v) is 7.89. The number of aromatic nitrogens is 1. The predicted molar refractivity (Wildman–Crippen MR) is 126 cm³/mol. The molecule has 1 aliphatic heterocycles. The van der Waals surface area contributed by atoms with E-state index in [1.807, 2.05) is 54.6 Å². The average molecular weight is 433 g/mol. The van der Waals surface area contributed by atoms with Crippen molar-refractivity contribution in [3.63, 3.8) is 0 Å². The minimum atomic E-state index is -0.117. The van der Waals surface area contributed by atoms with E-state index < -0.39 is 0 Å². The Hall–Kier alpha value is -3.29. The number of pyridine rings is 1. The average Bonchev–Trinajstić information content (AvgIpc) is 2.82. The zero-order valence-electron chi connectivity index (χ0n) is 18.3. The first-order valence-corrected chi connectivity index (χ1v) is 11.0. The molecule has 0 bridgehead atoms. The lowest BCUT2D eigenvalue weighted by molar-refractivity contribution is -0.114. The lowest BCUT2D eigenvalue weighted by Crippen LogP contribution is -2.38. The molecular weight excluding hydrogens is 404 g/mol. The number of hydrogen-bond acceptors (Lipinski definition) is 5. The SMILES string of the molecule is CC(=O)Nc1ccc(-c2cc(C(=O)NCCCN3CCOCC3)c3ccccc3n2)cc1. The molecule has 1 aromatic heterocycles. The molecule has 4 rings (SSSR count). The number of rotatable bonds is 7. The maximum atomic E-state index is 13.0. The quantitative estimate of drug-likeness (QED) is 0.560. The summed E-state index contributed by atoms with van der Waals surface area (Å²) < 4.78 is 5.38. The number of anilines is 1. The maximum Gasteiger partial charge on any atom is 0.252 e. The molecule has 1 saturated heterocycles. The van der Waals surface area contributed by atoms with Crippen molar-refractivity contribution < 1.29 is 14.3 Å². The van der Waals surface area contributed by atoms with Gasteiger partial charge in [0.15, 0.2) is 0 Å². The minimum absolute atomic E-state index is 0.0957. The Balaban J connectivity index is 1.50. The Morgan fingerprint density at radius 3 is 2.56 bits per heavy atom. The van der Waals surface area contributed by atoms with Gasteiger partial charge in [-0.2, -0.15) is 0 Å². The van der Waals surface area contributed by atoms with Gasteiger partial charge in [-0.1, -0.05) is 30.3 Å². The standard InChI is InChI=1S/C25H28N4O3/c1-18(30)27-20-9-7-19(8-10-20)24-17-22(21-5-2-3-6-23(21)28-24)25(31)26-11-4-12-29-13-15-32-16-14-29/h2-3,5-10,17H,4,11-16H2,1H3,(H,26,31)(H,27,30). The topological polar surface area (TPSA) is 83.6 Å². The zero-order valence-corrected chi connectivity index (χ0v) is 18.3. The highest BCUT2D eigenvalue weighted by Crippen LogP contribution is 2.26. The van der Waals surface area contributed by atoms with Gasteiger partial charge in [0, 0.05) is 43.2 Å². The number of morpholine rings is 1. The number of nitrogens with zero attached hydrogens (tertiary/aromatic N) is 2. The van der Waals surface area contributed by atoms with Crippen molar-refractivity contribution in [2.24, 2.45) is 0 Å². The number of fused-ring (bicyclic) bond motifs is 1. The number of benzene rings is 2. The molecule has 32 heavy (non-hydrogen) atoms. The molecule has 0 saturated carbocycles. The molecule has 0 spiro atoms. The van der Waals surface area contributed by atoms with E-state index in [9.17, 15) is 9.59 Å². The van der Waals surface area contributed by atoms with Crippen LogP contribution in [0.3, 0.4) is 0 Å². The molecule has 7 nitrogen and oxygen atoms in total. The second kappa shape index (κ2) is 10.3. The van der Waals surface area contributed by atoms with E-state index in [0.29, 0.717) is 12.1 Å². The summed E-state index contributed by atoms with van der Waals surface area (Å²) >= 11 is 0. The van der Waals surface area contributed by atoms with Gasteiger partial charge in [0.1, 0.15) is 0 Å². The molecule has 0 aliphatic carbocycles. The van der Waals surface area contributed by atoms with Gasteiger partial charge in [0.05, 0.1) is 30.0 Å². The van der Waals surface area contributed by atoms with Gasteiger partial charge < -0.3 is 15.4 Å². The van der Waals surface area contributed by atoms with E-state index in [2.05, 4.69) is 15.5 Å². The maximum absolute atomic E-state index is 13.0. The molecule has 0 unspecified atom stereocenters. The lowest BCUT2D eigenvalue weighted by atomic mass is 10.0. The van der Waals surface area contributed by atoms with Gasteiger partial charge in [0.2, 0.25) is 5.91 Å². The molecule has 2 amide bonds. The van der Waals surface area contributed by atoms with Crippen LogP contribution in [0.1, 0.15) is 23.7 Å². The summed E-state index contributed by atoms with van der Waals surface area (Å²) in [6, 6.07) is 17.0. The van der Waals surface area contributed by atoms with Gasteiger partial charge in [-0.3, -0.25) is 14.5 Å². The predicted octanol–water partition coefficient (Wildman–Crippen LogP) is 3.31. The van der Waals surface area contributed by atoms with E-state index in [1.54, 1.807) is 0 Å². The lowest BCUT2D eigenvalue weighted by Gasteiger charge is -2.26. The van der Waals surface area contributed by atoms with Crippen LogP contribution < -0.4 is 10.6 Å². The molecule has 1 aliphatic rings. The van der Waals surface area contributed by atoms with Crippen LogP contribution in [-0.4, -0.2) is 61.1 Å². The second-order valence-electron chi connectivity index (χ2n) is 7.89. The third-order valence-corrected chi connectivity index (χ3v) is 5.50. The fourth-order valence-electron chi connectivity index (χ4n) is 3.86. The van der Waals surface area contributed by atoms with Crippen molar-refractivity contribution >= 4 is 28.4 Å². The summed E-state index contributed by atoms with van der Waals surface area (Å²) in [5.74, 6) is -0.212. The highest BCUT2D eigenvalue weighted by molar-refractivity contribution is 6.07. The molecule has 1 fully saturated rings. The largest absolute Gasteiger partial charge is 0.379 e. The highest BCUT2D eigenvalue weighted by Gasteiger charge is 2.14. The Kier molecular flexibility index (Phi) is 7.09. The van der Waals surface area contributed by atoms with Crippen LogP contribution >= 0.6 is 0 Å². The highest BCUT2D eigenvalue weighted by atomic mass is 16.5. The van der Waals surface area contributed by atoms with Gasteiger partial charge in [-0.25, -0.2) is 4.98 Å². The first-order valence-electron chi connectivity index (χ1n) is 11.0. The number of nitrogens with one attached hydrogen (secondary N) is 2. The van der Waals surface area contributed by atoms with E-state index in [1.165, 1.54) is 6.92 Å². The van der Waals surface area contributed by atoms with Crippen LogP contribution in [0.4, 0.5) is 5.69 Å². The smallest absolute Gasteiger partial charge is 0.252 e. The number of ether oxygens (including phenoxy) is 1. The Morgan fingerprint density at radius 1 is 1.06 bits per heavy atom. The van der Waals surface area contributed by atoms with Crippen molar-refractivity contribution in [3.8, 4) is 11.3 Å². The summed E-state index contributed by atoms with van der Waals surface area (Å²) in [5, 5.41) is 6.66. The molecule has 166 valence electrons. The van der Waals surface area contributed by atoms with Crippen molar-refractivity contribution in [1.82, 2.24) is 15.2 Å². The Bertz CT molecular complexity index is 1090. The normalized spacial score (nSPS) is 14.3. The molecular formula is C25H28N4O3. The monoisotopic (exact) mass is 432 g/mol. The molecule has 2 N–H and O–H groups in total. The van der Waals surface area contributed by atoms with Crippen LogP contribution in [0.25, 0.3) is 22.2 Å². The van der Waals surface area contributed by atoms with Crippen LogP contribution in [-0.2, 0) is 9.53 Å². The summed E-state index contributed by atoms with van der Waals surface area (Å²) in [7, 11) is 0. The Morgan fingerprint density at radius 2 is 1.81 bits per heavy atom. The number of carbonyl (C=O) groups is 2. The molecule has 2 heterocycles. The van der Waals surface area contributed by atoms with Gasteiger partial charge >= 0.3 is 0 Å². The van der Waals surface area contributed by atoms with Crippen molar-refractivity contribution in [2.45, 2.75) is 13.3 Å². The van der Waals surface area contributed by atoms with Crippen LogP contribution in [0.2, 0.25) is 0 Å². The summed E-state index contributed by atoms with van der Waals surface area (Å²) in [5.41, 5.74) is 3.71. The zero-order chi connectivity index (χ0) is 22.3. The van der Waals surface area contributed by atoms with E-state index in [0.717, 1.165) is 67.1 Å². The molecule has 7 heteroatoms. The number of amides is 2. The van der Waals surface area contributed by atoms with Crippen LogP contribution in [0, 0.1) is 0 Å². The summed E-state index contributed by atoms with van der Waals surface area (Å²) in [6.45, 7) is 6.51. The molecule has 2 aromatic carbocycles. The summed E-state index contributed by atoms with van der Waals surface area (Å²) in [4.78, 5) is 31.4. The minimum Gasteiger partial charge on any atom is -0.379 e. The number of hydrogen-bond donors (Lipinski definition) is 2. The van der Waals surface area contributed by atoms with Crippen molar-refractivity contribution in [1.29, 1.82) is 0 Å². The fraction of sp³-hybridized carbons (Fsp3) is 0.320. The first-order chi connectivity index (χ1) is 15.6. The Labute approximate surface area is 187 Å². The van der Waals surface area contributed by atoms with Gasteiger partial charge in [-0.15, -0.1) is 0 Å². The van der Waals surface area contributed by atoms with Crippen molar-refractivity contribution in [3.05, 3.63) is 60.2 Å². The van der Waals surface area contributed by atoms with Crippen LogP contribution in [0.5, 0.6) is 0 Å². The summed E-state index contributed by atoms with van der Waals surface area (Å²) in [6.07, 6.45) is 0.895. The fourth-order valence-corrected chi connectivity index (χ4v) is 3.86. The third-order valence-electron chi connectivity index (χ3n) is 5.50. The first kappa shape index (κ1) is 21.9. The van der Waals surface area contributed by atoms with Crippen LogP contribution in [0.15, 0.2) is 54.6 Å². The number of para-hydroxylation sites is 1. The third kappa shape index (κ3) is 5.49. The molecule has 3 aromatic rings. The number of carbonyl (C=O) groups excluding carboxylic acids is 2. The van der Waals surface area contributed by atoms with E-state index in [-0.39, 0.29) is 11.8 Å². The van der Waals surface area contributed by atoms with Gasteiger partial charge in [0.25, 0.3) is 5.91 Å². The van der Waals surface area contributed by atoms with Crippen molar-refractivity contribution in [2.75, 3.05) is 44.7 Å². The molecule has 0 radical (unpaired) electrons.